The summed E-state index contributed by atoms with van der Waals surface area (Å²) in [7, 11) is 0. The first-order valence-corrected chi connectivity index (χ1v) is 13.2. The molecule has 6 aromatic rings. The Kier molecular flexibility index (Phi) is 7.18. The van der Waals surface area contributed by atoms with Crippen molar-refractivity contribution in [3.8, 4) is 23.3 Å². The number of para-hydroxylation sites is 1. The van der Waals surface area contributed by atoms with E-state index >= 15 is 0 Å². The maximum absolute atomic E-state index is 10.8. The molecule has 206 valence electrons. The molecule has 0 saturated carbocycles. The zero-order chi connectivity index (χ0) is 27.5. The smallest absolute Gasteiger partial charge is 0.232 e. The van der Waals surface area contributed by atoms with Gasteiger partial charge in [-0.05, 0) is 59.0 Å². The van der Waals surface area contributed by atoms with Gasteiger partial charge in [0, 0.05) is 55.7 Å². The van der Waals surface area contributed by atoms with Crippen LogP contribution in [0.15, 0.2) is 66.9 Å². The third kappa shape index (κ3) is 4.86. The van der Waals surface area contributed by atoms with Gasteiger partial charge in [-0.3, -0.25) is 0 Å². The number of hydrogen-bond acceptors (Lipinski definition) is 5. The van der Waals surface area contributed by atoms with E-state index in [0.717, 1.165) is 44.0 Å². The maximum atomic E-state index is 10.8. The quantitative estimate of drug-likeness (QED) is 0.187. The number of ether oxygens (including phenoxy) is 1. The molecule has 6 rings (SSSR count). The average molecular weight is 711 g/mol. The minimum absolute atomic E-state index is 0. The summed E-state index contributed by atoms with van der Waals surface area (Å²) >= 11 is 0. The number of hydrogen-bond donors (Lipinski definition) is 1. The monoisotopic (exact) mass is 710 g/mol. The van der Waals surface area contributed by atoms with Crippen LogP contribution >= 0.6 is 0 Å². The summed E-state index contributed by atoms with van der Waals surface area (Å²) in [6.45, 7) is 12.6. The second-order valence-corrected chi connectivity index (χ2v) is 11.4. The largest absolute Gasteiger partial charge is 0.506 e. The molecule has 0 saturated heterocycles. The van der Waals surface area contributed by atoms with Crippen LogP contribution in [0.3, 0.4) is 0 Å². The second kappa shape index (κ2) is 10.3. The summed E-state index contributed by atoms with van der Waals surface area (Å²) in [5.41, 5.74) is 5.27. The molecule has 0 spiro atoms. The molecule has 0 aliphatic carbocycles. The predicted octanol–water partition coefficient (Wildman–Crippen LogP) is 8.15. The molecule has 7 heteroatoms. The molecule has 3 heterocycles. The van der Waals surface area contributed by atoms with E-state index in [9.17, 15) is 5.11 Å². The van der Waals surface area contributed by atoms with Gasteiger partial charge in [0.25, 0.3) is 0 Å². The standard InChI is InChI=1S/C33H31N4O2.Pt/c1-19(2)26-13-14-34-32(35-26)37-27-10-8-7-9-23(27)24-12-11-22(18-28(24)37)39-30-15-20(3)25-16-21(33(4,5)6)17-29(38)31(25)36-30;/h7-17,19,38H,1-6H3;/q-1;. The number of aromatic nitrogens is 4. The average Bonchev–Trinajstić information content (AvgIpc) is 3.22. The Morgan fingerprint density at radius 2 is 1.70 bits per heavy atom. The van der Waals surface area contributed by atoms with Crippen LogP contribution < -0.4 is 4.74 Å². The van der Waals surface area contributed by atoms with Crippen molar-refractivity contribution in [1.82, 2.24) is 19.5 Å². The van der Waals surface area contributed by atoms with Crippen molar-refractivity contribution in [1.29, 1.82) is 0 Å². The molecule has 3 aromatic heterocycles. The molecule has 0 unspecified atom stereocenters. The van der Waals surface area contributed by atoms with Gasteiger partial charge in [0.1, 0.15) is 11.3 Å². The Hall–Kier alpha value is -3.76. The Labute approximate surface area is 248 Å². The van der Waals surface area contributed by atoms with Gasteiger partial charge in [-0.2, -0.15) is 6.07 Å². The Morgan fingerprint density at radius 3 is 2.45 bits per heavy atom. The number of aryl methyl sites for hydroxylation is 1. The minimum Gasteiger partial charge on any atom is -0.506 e. The van der Waals surface area contributed by atoms with Crippen molar-refractivity contribution >= 4 is 32.7 Å². The zero-order valence-corrected chi connectivity index (χ0v) is 25.7. The number of phenols is 1. The van der Waals surface area contributed by atoms with Crippen LogP contribution in [0.2, 0.25) is 0 Å². The van der Waals surface area contributed by atoms with Crippen LogP contribution in [-0.2, 0) is 26.5 Å². The molecule has 6 nitrogen and oxygen atoms in total. The summed E-state index contributed by atoms with van der Waals surface area (Å²) in [5, 5.41) is 13.9. The van der Waals surface area contributed by atoms with Crippen molar-refractivity contribution in [3.05, 3.63) is 89.7 Å². The van der Waals surface area contributed by atoms with Crippen LogP contribution in [0.5, 0.6) is 17.4 Å². The van der Waals surface area contributed by atoms with E-state index in [1.54, 1.807) is 12.3 Å². The minimum atomic E-state index is -0.0888. The molecule has 0 radical (unpaired) electrons. The third-order valence-electron chi connectivity index (χ3n) is 7.17. The summed E-state index contributed by atoms with van der Waals surface area (Å²) in [6, 6.07) is 23.3. The number of nitrogens with zero attached hydrogens (tertiary/aromatic N) is 4. The second-order valence-electron chi connectivity index (χ2n) is 11.4. The molecule has 0 bridgehead atoms. The van der Waals surface area contributed by atoms with Crippen molar-refractivity contribution in [2.45, 2.75) is 52.9 Å². The molecule has 0 fully saturated rings. The van der Waals surface area contributed by atoms with Crippen LogP contribution in [0.1, 0.15) is 57.4 Å². The van der Waals surface area contributed by atoms with Gasteiger partial charge < -0.3 is 14.4 Å². The molecular weight excluding hydrogens is 679 g/mol. The van der Waals surface area contributed by atoms with Gasteiger partial charge in [-0.15, -0.1) is 17.5 Å². The summed E-state index contributed by atoms with van der Waals surface area (Å²) in [4.78, 5) is 14.1. The topological polar surface area (TPSA) is 73.1 Å². The van der Waals surface area contributed by atoms with Gasteiger partial charge in [-0.1, -0.05) is 58.3 Å². The van der Waals surface area contributed by atoms with Gasteiger partial charge in [0.2, 0.25) is 11.8 Å². The van der Waals surface area contributed by atoms with Gasteiger partial charge >= 0.3 is 0 Å². The van der Waals surface area contributed by atoms with Crippen molar-refractivity contribution < 1.29 is 30.9 Å². The third-order valence-corrected chi connectivity index (χ3v) is 7.17. The first-order valence-electron chi connectivity index (χ1n) is 13.2. The molecule has 3 aromatic carbocycles. The number of pyridine rings is 1. The maximum Gasteiger partial charge on any atom is 0.232 e. The van der Waals surface area contributed by atoms with E-state index in [1.165, 1.54) is 0 Å². The Bertz CT molecular complexity index is 1890. The SMILES string of the molecule is Cc1cc(Oc2[c-]c3c(cc2)c2ccccc2n3-c2nccc(C(C)C)n2)nc2c(O)cc(C(C)(C)C)cc12.[Pt]. The molecule has 0 amide bonds. The van der Waals surface area contributed by atoms with Crippen molar-refractivity contribution in [2.75, 3.05) is 0 Å². The first kappa shape index (κ1) is 27.8. The number of phenolic OH excluding ortho intramolecular Hbond substituents is 1. The molecule has 0 aliphatic rings. The summed E-state index contributed by atoms with van der Waals surface area (Å²) < 4.78 is 8.27. The summed E-state index contributed by atoms with van der Waals surface area (Å²) in [5.74, 6) is 1.94. The van der Waals surface area contributed by atoms with Crippen LogP contribution in [0.4, 0.5) is 0 Å². The van der Waals surface area contributed by atoms with Gasteiger partial charge in [0.05, 0.1) is 0 Å². The molecule has 0 aliphatic heterocycles. The van der Waals surface area contributed by atoms with Crippen molar-refractivity contribution in [3.63, 3.8) is 0 Å². The van der Waals surface area contributed by atoms with E-state index in [1.807, 2.05) is 47.9 Å². The van der Waals surface area contributed by atoms with Gasteiger partial charge in [0.15, 0.2) is 0 Å². The fraction of sp³-hybridized carbons (Fsp3) is 0.242. The van der Waals surface area contributed by atoms with E-state index in [2.05, 4.69) is 68.9 Å². The van der Waals surface area contributed by atoms with Crippen LogP contribution in [-0.4, -0.2) is 24.6 Å². The van der Waals surface area contributed by atoms with E-state index in [-0.39, 0.29) is 38.1 Å². The Balaban J connectivity index is 0.00000323. The zero-order valence-electron chi connectivity index (χ0n) is 23.4. The number of aromatic hydroxyl groups is 1. The predicted molar refractivity (Wildman–Crippen MR) is 156 cm³/mol. The first-order chi connectivity index (χ1) is 18.6. The summed E-state index contributed by atoms with van der Waals surface area (Å²) in [6.07, 6.45) is 1.80. The Morgan fingerprint density at radius 1 is 0.925 bits per heavy atom. The molecule has 1 N–H and O–H groups in total. The number of benzene rings is 3. The normalized spacial score (nSPS) is 11.9. The number of rotatable bonds is 4. The van der Waals surface area contributed by atoms with E-state index < -0.39 is 0 Å². The number of fused-ring (bicyclic) bond motifs is 4. The van der Waals surface area contributed by atoms with Gasteiger partial charge in [-0.25, -0.2) is 15.0 Å². The van der Waals surface area contributed by atoms with E-state index in [0.29, 0.717) is 23.1 Å². The van der Waals surface area contributed by atoms with Crippen molar-refractivity contribution in [2.24, 2.45) is 0 Å². The van der Waals surface area contributed by atoms with E-state index in [4.69, 9.17) is 9.72 Å². The van der Waals surface area contributed by atoms with Crippen LogP contribution in [0.25, 0.3) is 38.7 Å². The molecular formula is C33H31N4O2Pt-. The van der Waals surface area contributed by atoms with Crippen LogP contribution in [0, 0.1) is 13.0 Å². The molecule has 0 atom stereocenters. The molecule has 40 heavy (non-hydrogen) atoms. The fourth-order valence-electron chi connectivity index (χ4n) is 4.97. The fourth-order valence-corrected chi connectivity index (χ4v) is 4.97.